The highest BCUT2D eigenvalue weighted by molar-refractivity contribution is 14.1. The van der Waals surface area contributed by atoms with Gasteiger partial charge in [-0.05, 0) is 59.3 Å². The summed E-state index contributed by atoms with van der Waals surface area (Å²) in [6, 6.07) is 14.2. The zero-order valence-electron chi connectivity index (χ0n) is 11.2. The second-order valence-electron chi connectivity index (χ2n) is 4.52. The fourth-order valence-electron chi connectivity index (χ4n) is 1.94. The molecule has 0 aliphatic heterocycles. The Balaban J connectivity index is 2.28. The lowest BCUT2D eigenvalue weighted by Crippen LogP contribution is -2.08. The van der Waals surface area contributed by atoms with Gasteiger partial charge < -0.3 is 5.32 Å². The fraction of sp³-hybridized carbons (Fsp3) is 0.133. The summed E-state index contributed by atoms with van der Waals surface area (Å²) in [6.07, 6.45) is 0. The Morgan fingerprint density at radius 1 is 1.29 bits per heavy atom. The maximum Gasteiger partial charge on any atom is 0.293 e. The van der Waals surface area contributed by atoms with Crippen molar-refractivity contribution in [2.24, 2.45) is 0 Å². The summed E-state index contributed by atoms with van der Waals surface area (Å²) in [7, 11) is 0. The SMILES string of the molecule is CC(Nc1ccc(C#N)cc1[N+](=O)[O-])c1ccc(I)cc1. The average molecular weight is 393 g/mol. The fourth-order valence-corrected chi connectivity index (χ4v) is 2.30. The van der Waals surface area contributed by atoms with Gasteiger partial charge in [0.25, 0.3) is 5.69 Å². The molecule has 0 heterocycles. The van der Waals surface area contributed by atoms with E-state index < -0.39 is 4.92 Å². The van der Waals surface area contributed by atoms with Crippen LogP contribution < -0.4 is 5.32 Å². The highest BCUT2D eigenvalue weighted by atomic mass is 127. The van der Waals surface area contributed by atoms with Crippen molar-refractivity contribution in [3.63, 3.8) is 0 Å². The van der Waals surface area contributed by atoms with Gasteiger partial charge in [-0.15, -0.1) is 0 Å². The minimum Gasteiger partial charge on any atom is -0.373 e. The summed E-state index contributed by atoms with van der Waals surface area (Å²) in [6.45, 7) is 1.93. The Bertz CT molecular complexity index is 708. The van der Waals surface area contributed by atoms with E-state index in [2.05, 4.69) is 27.9 Å². The molecule has 0 spiro atoms. The minimum atomic E-state index is -0.482. The second kappa shape index (κ2) is 6.54. The number of nitro benzene ring substituents is 1. The first-order valence-corrected chi connectivity index (χ1v) is 7.29. The molecule has 6 heteroatoms. The second-order valence-corrected chi connectivity index (χ2v) is 5.76. The zero-order chi connectivity index (χ0) is 15.4. The quantitative estimate of drug-likeness (QED) is 0.479. The van der Waals surface area contributed by atoms with Crippen LogP contribution in [-0.4, -0.2) is 4.92 Å². The molecule has 0 saturated carbocycles. The van der Waals surface area contributed by atoms with Crippen molar-refractivity contribution in [2.75, 3.05) is 5.32 Å². The number of benzene rings is 2. The number of nitriles is 1. The molecule has 0 aromatic heterocycles. The van der Waals surface area contributed by atoms with Gasteiger partial charge in [-0.25, -0.2) is 0 Å². The normalized spacial score (nSPS) is 11.5. The molecule has 0 amide bonds. The number of anilines is 1. The van der Waals surface area contributed by atoms with Crippen LogP contribution in [0.5, 0.6) is 0 Å². The molecule has 0 saturated heterocycles. The molecule has 2 rings (SSSR count). The van der Waals surface area contributed by atoms with Gasteiger partial charge in [0.1, 0.15) is 5.69 Å². The molecule has 0 bridgehead atoms. The van der Waals surface area contributed by atoms with Crippen molar-refractivity contribution in [3.05, 3.63) is 67.3 Å². The lowest BCUT2D eigenvalue weighted by Gasteiger charge is -2.16. The number of rotatable bonds is 4. The van der Waals surface area contributed by atoms with Crippen LogP contribution in [0.2, 0.25) is 0 Å². The van der Waals surface area contributed by atoms with E-state index in [1.807, 2.05) is 37.3 Å². The molecule has 0 aliphatic rings. The Labute approximate surface area is 135 Å². The third-order valence-corrected chi connectivity index (χ3v) is 3.78. The summed E-state index contributed by atoms with van der Waals surface area (Å²) >= 11 is 2.22. The van der Waals surface area contributed by atoms with Crippen LogP contribution in [0, 0.1) is 25.0 Å². The van der Waals surface area contributed by atoms with Gasteiger partial charge in [0.15, 0.2) is 0 Å². The molecule has 2 aromatic rings. The average Bonchev–Trinajstić information content (AvgIpc) is 2.48. The monoisotopic (exact) mass is 393 g/mol. The first kappa shape index (κ1) is 15.3. The third-order valence-electron chi connectivity index (χ3n) is 3.07. The van der Waals surface area contributed by atoms with Crippen molar-refractivity contribution in [1.82, 2.24) is 0 Å². The Morgan fingerprint density at radius 2 is 1.95 bits per heavy atom. The molecule has 0 fully saturated rings. The van der Waals surface area contributed by atoms with Crippen LogP contribution in [0.25, 0.3) is 0 Å². The molecule has 1 unspecified atom stereocenters. The van der Waals surface area contributed by atoms with Gasteiger partial charge in [-0.2, -0.15) is 5.26 Å². The summed E-state index contributed by atoms with van der Waals surface area (Å²) < 4.78 is 1.13. The molecule has 1 atom stereocenters. The lowest BCUT2D eigenvalue weighted by atomic mass is 10.1. The van der Waals surface area contributed by atoms with Crippen LogP contribution in [0.15, 0.2) is 42.5 Å². The standard InChI is InChI=1S/C15H12IN3O2/c1-10(12-3-5-13(16)6-4-12)18-14-7-2-11(9-17)8-15(14)19(20)21/h2-8,10,18H,1H3. The van der Waals surface area contributed by atoms with Gasteiger partial charge >= 0.3 is 0 Å². The van der Waals surface area contributed by atoms with E-state index in [-0.39, 0.29) is 17.3 Å². The highest BCUT2D eigenvalue weighted by Crippen LogP contribution is 2.29. The third kappa shape index (κ3) is 3.70. The van der Waals surface area contributed by atoms with E-state index in [0.717, 1.165) is 9.13 Å². The predicted molar refractivity (Wildman–Crippen MR) is 89.0 cm³/mol. The zero-order valence-corrected chi connectivity index (χ0v) is 13.4. The topological polar surface area (TPSA) is 79.0 Å². The van der Waals surface area contributed by atoms with E-state index >= 15 is 0 Å². The lowest BCUT2D eigenvalue weighted by molar-refractivity contribution is -0.384. The van der Waals surface area contributed by atoms with Crippen molar-refractivity contribution >= 4 is 34.0 Å². The van der Waals surface area contributed by atoms with Crippen molar-refractivity contribution < 1.29 is 4.92 Å². The van der Waals surface area contributed by atoms with Crippen molar-refractivity contribution in [2.45, 2.75) is 13.0 Å². The van der Waals surface area contributed by atoms with Gasteiger partial charge in [0.2, 0.25) is 0 Å². The van der Waals surface area contributed by atoms with Gasteiger partial charge in [-0.3, -0.25) is 10.1 Å². The number of nitrogens with one attached hydrogen (secondary N) is 1. The van der Waals surface area contributed by atoms with E-state index in [1.165, 1.54) is 6.07 Å². The summed E-state index contributed by atoms with van der Waals surface area (Å²) in [4.78, 5) is 10.6. The molecule has 106 valence electrons. The van der Waals surface area contributed by atoms with E-state index in [1.54, 1.807) is 12.1 Å². The predicted octanol–water partition coefficient (Wildman–Crippen LogP) is 4.24. The van der Waals surface area contributed by atoms with Crippen LogP contribution in [0.1, 0.15) is 24.1 Å². The number of halogens is 1. The largest absolute Gasteiger partial charge is 0.373 e. The van der Waals surface area contributed by atoms with Crippen molar-refractivity contribution in [3.8, 4) is 6.07 Å². The number of nitrogens with zero attached hydrogens (tertiary/aromatic N) is 2. The number of hydrogen-bond acceptors (Lipinski definition) is 4. The first-order chi connectivity index (χ1) is 10.0. The van der Waals surface area contributed by atoms with Crippen LogP contribution in [0.4, 0.5) is 11.4 Å². The van der Waals surface area contributed by atoms with Crippen LogP contribution >= 0.6 is 22.6 Å². The van der Waals surface area contributed by atoms with E-state index in [9.17, 15) is 10.1 Å². The molecule has 21 heavy (non-hydrogen) atoms. The molecule has 1 N–H and O–H groups in total. The Kier molecular flexibility index (Phi) is 4.75. The minimum absolute atomic E-state index is 0.0753. The van der Waals surface area contributed by atoms with Crippen LogP contribution in [-0.2, 0) is 0 Å². The summed E-state index contributed by atoms with van der Waals surface area (Å²) in [5.74, 6) is 0. The molecular formula is C15H12IN3O2. The smallest absolute Gasteiger partial charge is 0.293 e. The summed E-state index contributed by atoms with van der Waals surface area (Å²) in [5.41, 5.74) is 1.62. The van der Waals surface area contributed by atoms with Crippen LogP contribution in [0.3, 0.4) is 0 Å². The van der Waals surface area contributed by atoms with Crippen molar-refractivity contribution in [1.29, 1.82) is 5.26 Å². The van der Waals surface area contributed by atoms with Gasteiger partial charge in [0, 0.05) is 15.7 Å². The Morgan fingerprint density at radius 3 is 2.52 bits per heavy atom. The molecule has 5 nitrogen and oxygen atoms in total. The van der Waals surface area contributed by atoms with E-state index in [0.29, 0.717) is 5.69 Å². The Hall–Kier alpha value is -2.14. The maximum atomic E-state index is 11.1. The number of hydrogen-bond donors (Lipinski definition) is 1. The molecule has 2 aromatic carbocycles. The molecule has 0 aliphatic carbocycles. The van der Waals surface area contributed by atoms with E-state index in [4.69, 9.17) is 5.26 Å². The molecule has 0 radical (unpaired) electrons. The first-order valence-electron chi connectivity index (χ1n) is 6.22. The number of nitro groups is 1. The maximum absolute atomic E-state index is 11.1. The van der Waals surface area contributed by atoms with Gasteiger partial charge in [0.05, 0.1) is 16.6 Å². The highest BCUT2D eigenvalue weighted by Gasteiger charge is 2.17. The summed E-state index contributed by atoms with van der Waals surface area (Å²) in [5, 5.41) is 23.1. The molecular weight excluding hydrogens is 381 g/mol. The van der Waals surface area contributed by atoms with Gasteiger partial charge in [-0.1, -0.05) is 12.1 Å².